The molecule has 0 spiro atoms. The van der Waals surface area contributed by atoms with Crippen LogP contribution in [0.2, 0.25) is 5.02 Å². The van der Waals surface area contributed by atoms with Crippen molar-refractivity contribution < 1.29 is 9.13 Å². The lowest BCUT2D eigenvalue weighted by Crippen LogP contribution is -2.32. The Morgan fingerprint density at radius 3 is 2.52 bits per heavy atom. The summed E-state index contributed by atoms with van der Waals surface area (Å²) in [4.78, 5) is 0. The number of nitrogens with one attached hydrogen (secondary N) is 1. The molecule has 29 heavy (non-hydrogen) atoms. The minimum absolute atomic E-state index is 0.138. The van der Waals surface area contributed by atoms with Crippen LogP contribution in [0.5, 0.6) is 5.75 Å². The lowest BCUT2D eigenvalue weighted by atomic mass is 9.80. The molecule has 0 aromatic heterocycles. The van der Waals surface area contributed by atoms with Crippen LogP contribution < -0.4 is 10.1 Å². The predicted molar refractivity (Wildman–Crippen MR) is 117 cm³/mol. The van der Waals surface area contributed by atoms with Crippen LogP contribution in [0.1, 0.15) is 43.6 Å². The summed E-state index contributed by atoms with van der Waals surface area (Å²) in [5.74, 6) is 0.414. The lowest BCUT2D eigenvalue weighted by Gasteiger charge is -2.37. The van der Waals surface area contributed by atoms with Crippen LogP contribution in [0, 0.1) is 5.82 Å². The average molecular weight is 406 g/mol. The largest absolute Gasteiger partial charge is 0.480 e. The van der Waals surface area contributed by atoms with Gasteiger partial charge in [-0.1, -0.05) is 35.9 Å². The number of anilines is 1. The number of halogens is 2. The second-order valence-corrected chi connectivity index (χ2v) is 8.75. The summed E-state index contributed by atoms with van der Waals surface area (Å²) in [6.45, 7) is 6.43. The average Bonchev–Trinajstić information content (AvgIpc) is 2.66. The molecule has 1 atom stereocenters. The summed E-state index contributed by atoms with van der Waals surface area (Å²) in [6.07, 6.45) is 1.93. The summed E-state index contributed by atoms with van der Waals surface area (Å²) in [6, 6.07) is 16.6. The number of fused-ring (bicyclic) bond motifs is 5. The van der Waals surface area contributed by atoms with Gasteiger partial charge in [0.2, 0.25) is 0 Å². The number of benzene rings is 3. The number of hydrogen-bond acceptors (Lipinski definition) is 2. The zero-order valence-electron chi connectivity index (χ0n) is 16.5. The van der Waals surface area contributed by atoms with Crippen molar-refractivity contribution in [2.45, 2.75) is 32.4 Å². The predicted octanol–water partition coefficient (Wildman–Crippen LogP) is 7.24. The van der Waals surface area contributed by atoms with Crippen LogP contribution in [-0.2, 0) is 0 Å². The molecule has 0 aliphatic carbocycles. The molecule has 2 heterocycles. The maximum absolute atomic E-state index is 14.1. The van der Waals surface area contributed by atoms with Crippen molar-refractivity contribution in [3.05, 3.63) is 88.2 Å². The Kier molecular flexibility index (Phi) is 4.01. The van der Waals surface area contributed by atoms with Crippen molar-refractivity contribution >= 4 is 22.9 Å². The highest BCUT2D eigenvalue weighted by atomic mass is 35.5. The number of ether oxygens (including phenoxy) is 1. The standard InChI is InChI=1S/C25H21ClFNO/c1-14-13-25(2,3)28-20-10-9-18-19-12-17(27)8-11-21(19)29-24(23(18)22(14)20)15-4-6-16(26)7-5-15/h4-13,24,28H,1-3H3/t24-/m1/s1. The molecule has 4 heteroatoms. The molecule has 0 saturated carbocycles. The first-order valence-corrected chi connectivity index (χ1v) is 10.1. The van der Waals surface area contributed by atoms with Crippen LogP contribution >= 0.6 is 11.6 Å². The zero-order valence-corrected chi connectivity index (χ0v) is 17.3. The Morgan fingerprint density at radius 1 is 1.00 bits per heavy atom. The minimum atomic E-state index is -0.304. The third-order valence-electron chi connectivity index (χ3n) is 5.59. The highest BCUT2D eigenvalue weighted by molar-refractivity contribution is 6.30. The second-order valence-electron chi connectivity index (χ2n) is 8.31. The first kappa shape index (κ1) is 18.3. The van der Waals surface area contributed by atoms with E-state index in [1.807, 2.05) is 24.3 Å². The van der Waals surface area contributed by atoms with E-state index in [1.54, 1.807) is 12.1 Å². The Labute approximate surface area is 175 Å². The SMILES string of the molecule is CC1=CC(C)(C)Nc2ccc3c(c21)[C@@H](c1ccc(Cl)cc1)Oc1ccc(F)cc1-3. The maximum Gasteiger partial charge on any atom is 0.150 e. The van der Waals surface area contributed by atoms with E-state index in [0.29, 0.717) is 10.8 Å². The van der Waals surface area contributed by atoms with Crippen molar-refractivity contribution in [1.82, 2.24) is 0 Å². The van der Waals surface area contributed by atoms with Gasteiger partial charge in [0.15, 0.2) is 6.10 Å². The highest BCUT2D eigenvalue weighted by Gasteiger charge is 2.34. The van der Waals surface area contributed by atoms with Gasteiger partial charge in [-0.05, 0) is 73.9 Å². The zero-order chi connectivity index (χ0) is 20.3. The first-order valence-electron chi connectivity index (χ1n) is 9.69. The van der Waals surface area contributed by atoms with Gasteiger partial charge in [-0.15, -0.1) is 0 Å². The van der Waals surface area contributed by atoms with Gasteiger partial charge in [0.25, 0.3) is 0 Å². The molecule has 3 aromatic rings. The molecule has 3 aromatic carbocycles. The molecule has 0 amide bonds. The van der Waals surface area contributed by atoms with Crippen molar-refractivity contribution in [3.8, 4) is 16.9 Å². The van der Waals surface area contributed by atoms with Gasteiger partial charge in [-0.2, -0.15) is 0 Å². The third-order valence-corrected chi connectivity index (χ3v) is 5.84. The fraction of sp³-hybridized carbons (Fsp3) is 0.200. The van der Waals surface area contributed by atoms with Crippen molar-refractivity contribution in [2.75, 3.05) is 5.32 Å². The highest BCUT2D eigenvalue weighted by Crippen LogP contribution is 2.50. The van der Waals surface area contributed by atoms with Gasteiger partial charge in [-0.3, -0.25) is 0 Å². The molecule has 5 rings (SSSR count). The molecular formula is C25H21ClFNO. The normalized spacial score (nSPS) is 18.5. The van der Waals surface area contributed by atoms with E-state index in [1.165, 1.54) is 11.6 Å². The molecule has 0 unspecified atom stereocenters. The second kappa shape index (κ2) is 6.36. The molecule has 0 bridgehead atoms. The molecule has 1 N–H and O–H groups in total. The Balaban J connectivity index is 1.81. The van der Waals surface area contributed by atoms with Gasteiger partial charge < -0.3 is 10.1 Å². The summed E-state index contributed by atoms with van der Waals surface area (Å²) in [5, 5.41) is 4.29. The molecule has 0 radical (unpaired) electrons. The van der Waals surface area contributed by atoms with Gasteiger partial charge in [0.05, 0.1) is 5.54 Å². The topological polar surface area (TPSA) is 21.3 Å². The van der Waals surface area contributed by atoms with Crippen LogP contribution in [0.25, 0.3) is 16.7 Å². The van der Waals surface area contributed by atoms with E-state index >= 15 is 0 Å². The van der Waals surface area contributed by atoms with Gasteiger partial charge in [-0.25, -0.2) is 4.39 Å². The number of allylic oxidation sites excluding steroid dienone is 1. The molecule has 2 nitrogen and oxygen atoms in total. The number of rotatable bonds is 1. The molecule has 2 aliphatic heterocycles. The van der Waals surface area contributed by atoms with Crippen LogP contribution in [-0.4, -0.2) is 5.54 Å². The molecule has 146 valence electrons. The fourth-order valence-electron chi connectivity index (χ4n) is 4.53. The fourth-order valence-corrected chi connectivity index (χ4v) is 4.65. The van der Waals surface area contributed by atoms with Crippen LogP contribution in [0.3, 0.4) is 0 Å². The minimum Gasteiger partial charge on any atom is -0.480 e. The van der Waals surface area contributed by atoms with Gasteiger partial charge >= 0.3 is 0 Å². The van der Waals surface area contributed by atoms with Crippen molar-refractivity contribution in [1.29, 1.82) is 0 Å². The van der Waals surface area contributed by atoms with Crippen LogP contribution in [0.4, 0.5) is 10.1 Å². The summed E-state index contributed by atoms with van der Waals surface area (Å²) in [5.41, 5.74) is 7.08. The van der Waals surface area contributed by atoms with Crippen molar-refractivity contribution in [3.63, 3.8) is 0 Å². The molecular weight excluding hydrogens is 385 g/mol. The summed E-state index contributed by atoms with van der Waals surface area (Å²) in [7, 11) is 0. The van der Waals surface area contributed by atoms with E-state index < -0.39 is 0 Å². The Bertz CT molecular complexity index is 1160. The monoisotopic (exact) mass is 405 g/mol. The lowest BCUT2D eigenvalue weighted by molar-refractivity contribution is 0.243. The van der Waals surface area contributed by atoms with E-state index in [0.717, 1.165) is 33.5 Å². The first-order chi connectivity index (χ1) is 13.8. The number of hydrogen-bond donors (Lipinski definition) is 1. The van der Waals surface area contributed by atoms with Gasteiger partial charge in [0, 0.05) is 27.4 Å². The molecule has 0 fully saturated rings. The molecule has 2 aliphatic rings. The Hall–Kier alpha value is -2.78. The quantitative estimate of drug-likeness (QED) is 0.460. The van der Waals surface area contributed by atoms with E-state index in [2.05, 4.69) is 44.3 Å². The van der Waals surface area contributed by atoms with Crippen LogP contribution in [0.15, 0.2) is 60.7 Å². The van der Waals surface area contributed by atoms with E-state index in [4.69, 9.17) is 16.3 Å². The molecule has 0 saturated heterocycles. The van der Waals surface area contributed by atoms with Crippen molar-refractivity contribution in [2.24, 2.45) is 0 Å². The summed E-state index contributed by atoms with van der Waals surface area (Å²) >= 11 is 6.12. The van der Waals surface area contributed by atoms with Gasteiger partial charge in [0.1, 0.15) is 11.6 Å². The summed E-state index contributed by atoms with van der Waals surface area (Å²) < 4.78 is 20.5. The van der Waals surface area contributed by atoms with E-state index in [-0.39, 0.29) is 17.5 Å². The maximum atomic E-state index is 14.1. The van der Waals surface area contributed by atoms with E-state index in [9.17, 15) is 4.39 Å². The Morgan fingerprint density at radius 2 is 1.76 bits per heavy atom. The smallest absolute Gasteiger partial charge is 0.150 e. The third kappa shape index (κ3) is 3.01.